The Bertz CT molecular complexity index is 653. The highest BCUT2D eigenvalue weighted by Crippen LogP contribution is 2.34. The van der Waals surface area contributed by atoms with Gasteiger partial charge in [-0.15, -0.1) is 11.3 Å². The summed E-state index contributed by atoms with van der Waals surface area (Å²) < 4.78 is 2.24. The van der Waals surface area contributed by atoms with Gasteiger partial charge in [0.1, 0.15) is 5.69 Å². The number of anilines is 1. The molecule has 0 aromatic carbocycles. The molecule has 0 bridgehead atoms. The smallest absolute Gasteiger partial charge is 0.334 e. The maximum Gasteiger partial charge on any atom is 0.334 e. The van der Waals surface area contributed by atoms with Crippen molar-refractivity contribution in [2.24, 2.45) is 7.05 Å². The van der Waals surface area contributed by atoms with Crippen LogP contribution in [0.5, 0.6) is 0 Å². The van der Waals surface area contributed by atoms with E-state index < -0.39 is 0 Å². The number of nitrogens with zero attached hydrogens (tertiary/aromatic N) is 3. The molecular weight excluding hydrogens is 312 g/mol. The third-order valence-corrected chi connectivity index (χ3v) is 4.55. The zero-order valence-corrected chi connectivity index (χ0v) is 13.7. The molecule has 21 heavy (non-hydrogen) atoms. The van der Waals surface area contributed by atoms with Gasteiger partial charge in [0.2, 0.25) is 5.82 Å². The van der Waals surface area contributed by atoms with Gasteiger partial charge >= 0.3 is 5.69 Å². The van der Waals surface area contributed by atoms with Crippen molar-refractivity contribution in [3.63, 3.8) is 0 Å². The molecule has 0 fully saturated rings. The van der Waals surface area contributed by atoms with Crippen molar-refractivity contribution >= 4 is 34.4 Å². The van der Waals surface area contributed by atoms with Crippen LogP contribution in [0.25, 0.3) is 0 Å². The molecule has 2 heterocycles. The first-order chi connectivity index (χ1) is 9.93. The molecule has 0 saturated heterocycles. The molecule has 0 aliphatic heterocycles. The van der Waals surface area contributed by atoms with Crippen LogP contribution in [0.3, 0.4) is 0 Å². The highest BCUT2D eigenvalue weighted by Gasteiger charge is 2.27. The van der Waals surface area contributed by atoms with Crippen LogP contribution in [0.1, 0.15) is 36.9 Å². The Hall–Kier alpha value is -1.60. The fourth-order valence-corrected chi connectivity index (χ4v) is 3.23. The van der Waals surface area contributed by atoms with E-state index in [4.69, 9.17) is 11.6 Å². The predicted octanol–water partition coefficient (Wildman–Crippen LogP) is 4.17. The van der Waals surface area contributed by atoms with Crippen molar-refractivity contribution in [2.75, 3.05) is 5.32 Å². The summed E-state index contributed by atoms with van der Waals surface area (Å²) >= 11 is 7.39. The lowest BCUT2D eigenvalue weighted by molar-refractivity contribution is -0.384. The van der Waals surface area contributed by atoms with Crippen LogP contribution in [0, 0.1) is 10.1 Å². The number of hydrogen-bond donors (Lipinski definition) is 1. The van der Waals surface area contributed by atoms with Crippen LogP contribution < -0.4 is 5.32 Å². The van der Waals surface area contributed by atoms with Crippen LogP contribution in [0.4, 0.5) is 11.5 Å². The molecule has 1 unspecified atom stereocenters. The fraction of sp³-hybridized carbons (Fsp3) is 0.462. The number of halogens is 1. The predicted molar refractivity (Wildman–Crippen MR) is 85.2 cm³/mol. The highest BCUT2D eigenvalue weighted by molar-refractivity contribution is 7.16. The van der Waals surface area contributed by atoms with Gasteiger partial charge < -0.3 is 5.32 Å². The number of hydrogen-bond acceptors (Lipinski definition) is 5. The van der Waals surface area contributed by atoms with E-state index in [9.17, 15) is 10.1 Å². The number of thiophene rings is 1. The lowest BCUT2D eigenvalue weighted by atomic mass is 10.2. The van der Waals surface area contributed by atoms with Gasteiger partial charge in [-0.2, -0.15) is 5.10 Å². The van der Waals surface area contributed by atoms with Crippen LogP contribution in [-0.4, -0.2) is 14.7 Å². The maximum absolute atomic E-state index is 11.3. The minimum absolute atomic E-state index is 0.0638. The maximum atomic E-state index is 11.3. The topological polar surface area (TPSA) is 73.0 Å². The van der Waals surface area contributed by atoms with Crippen LogP contribution in [0.2, 0.25) is 4.34 Å². The summed E-state index contributed by atoms with van der Waals surface area (Å²) in [5.41, 5.74) is 0.581. The largest absolute Gasteiger partial charge is 0.357 e. The standard InChI is InChI=1S/C13H17ClN4O2S/c1-4-5-9-12(18(19)20)13(17(3)16-9)15-8(2)10-6-7-11(14)21-10/h6-8,15H,4-5H2,1-3H3. The fourth-order valence-electron chi connectivity index (χ4n) is 2.16. The van der Waals surface area contributed by atoms with E-state index in [1.165, 1.54) is 16.0 Å². The lowest BCUT2D eigenvalue weighted by Crippen LogP contribution is -2.10. The van der Waals surface area contributed by atoms with Gasteiger partial charge in [-0.25, -0.2) is 4.68 Å². The van der Waals surface area contributed by atoms with E-state index in [0.29, 0.717) is 22.3 Å². The summed E-state index contributed by atoms with van der Waals surface area (Å²) in [7, 11) is 1.71. The number of aryl methyl sites for hydroxylation is 2. The van der Waals surface area contributed by atoms with E-state index in [1.54, 1.807) is 7.05 Å². The first-order valence-corrected chi connectivity index (χ1v) is 7.85. The molecule has 1 atom stereocenters. The van der Waals surface area contributed by atoms with Gasteiger partial charge in [-0.05, 0) is 25.5 Å². The van der Waals surface area contributed by atoms with Crippen molar-refractivity contribution in [1.29, 1.82) is 0 Å². The first kappa shape index (κ1) is 15.8. The Morgan fingerprint density at radius 1 is 1.57 bits per heavy atom. The van der Waals surface area contributed by atoms with Crippen molar-refractivity contribution < 1.29 is 4.92 Å². The first-order valence-electron chi connectivity index (χ1n) is 6.66. The molecule has 2 rings (SSSR count). The molecule has 2 aromatic rings. The second-order valence-electron chi connectivity index (χ2n) is 4.78. The molecule has 0 aliphatic carbocycles. The van der Waals surface area contributed by atoms with Crippen LogP contribution in [-0.2, 0) is 13.5 Å². The second-order valence-corrected chi connectivity index (χ2v) is 6.53. The van der Waals surface area contributed by atoms with E-state index in [2.05, 4.69) is 10.4 Å². The Balaban J connectivity index is 2.32. The van der Waals surface area contributed by atoms with Crippen molar-refractivity contribution in [3.8, 4) is 0 Å². The summed E-state index contributed by atoms with van der Waals surface area (Å²) in [5.74, 6) is 0.431. The minimum Gasteiger partial charge on any atom is -0.357 e. The van der Waals surface area contributed by atoms with Gasteiger partial charge in [-0.1, -0.05) is 24.9 Å². The van der Waals surface area contributed by atoms with E-state index in [-0.39, 0.29) is 16.7 Å². The van der Waals surface area contributed by atoms with Gasteiger partial charge in [0.05, 0.1) is 15.3 Å². The summed E-state index contributed by atoms with van der Waals surface area (Å²) in [6.45, 7) is 3.92. The minimum atomic E-state index is -0.367. The van der Waals surface area contributed by atoms with Gasteiger partial charge in [0.25, 0.3) is 0 Å². The average Bonchev–Trinajstić information content (AvgIpc) is 2.95. The molecule has 1 N–H and O–H groups in total. The molecule has 2 aromatic heterocycles. The monoisotopic (exact) mass is 328 g/mol. The Morgan fingerprint density at radius 3 is 2.81 bits per heavy atom. The van der Waals surface area contributed by atoms with Gasteiger partial charge in [0, 0.05) is 11.9 Å². The van der Waals surface area contributed by atoms with E-state index >= 15 is 0 Å². The van der Waals surface area contributed by atoms with Gasteiger partial charge in [0.15, 0.2) is 0 Å². The molecular formula is C13H17ClN4O2S. The van der Waals surface area contributed by atoms with Crippen molar-refractivity contribution in [2.45, 2.75) is 32.7 Å². The number of rotatable bonds is 6. The molecule has 0 amide bonds. The molecule has 0 aliphatic rings. The zero-order chi connectivity index (χ0) is 15.6. The Morgan fingerprint density at radius 2 is 2.29 bits per heavy atom. The van der Waals surface area contributed by atoms with Crippen molar-refractivity contribution in [3.05, 3.63) is 37.2 Å². The molecule has 0 saturated carbocycles. The number of nitro groups is 1. The van der Waals surface area contributed by atoms with Gasteiger partial charge in [-0.3, -0.25) is 10.1 Å². The third-order valence-electron chi connectivity index (χ3n) is 3.14. The third kappa shape index (κ3) is 3.36. The van der Waals surface area contributed by atoms with Crippen LogP contribution >= 0.6 is 22.9 Å². The Labute approximate surface area is 131 Å². The van der Waals surface area contributed by atoms with E-state index in [1.807, 2.05) is 26.0 Å². The summed E-state index contributed by atoms with van der Waals surface area (Å²) in [5, 5.41) is 18.8. The SMILES string of the molecule is CCCc1nn(C)c(NC(C)c2ccc(Cl)s2)c1[N+](=O)[O-]. The average molecular weight is 329 g/mol. The Kier molecular flexibility index (Phi) is 4.84. The molecule has 6 nitrogen and oxygen atoms in total. The summed E-state index contributed by atoms with van der Waals surface area (Å²) in [6, 6.07) is 3.66. The summed E-state index contributed by atoms with van der Waals surface area (Å²) in [4.78, 5) is 12.0. The normalized spacial score (nSPS) is 12.4. The van der Waals surface area contributed by atoms with E-state index in [0.717, 1.165) is 11.3 Å². The lowest BCUT2D eigenvalue weighted by Gasteiger charge is -2.12. The quantitative estimate of drug-likeness (QED) is 0.638. The zero-order valence-electron chi connectivity index (χ0n) is 12.1. The molecule has 0 spiro atoms. The summed E-state index contributed by atoms with van der Waals surface area (Å²) in [6.07, 6.45) is 1.40. The highest BCUT2D eigenvalue weighted by atomic mass is 35.5. The molecule has 114 valence electrons. The number of nitrogens with one attached hydrogen (secondary N) is 1. The van der Waals surface area contributed by atoms with Crippen LogP contribution in [0.15, 0.2) is 12.1 Å². The number of aromatic nitrogens is 2. The molecule has 8 heteroatoms. The molecule has 0 radical (unpaired) electrons. The van der Waals surface area contributed by atoms with Crippen molar-refractivity contribution in [1.82, 2.24) is 9.78 Å². The second kappa shape index (κ2) is 6.44.